The van der Waals surface area contributed by atoms with Crippen LogP contribution in [-0.4, -0.2) is 8.42 Å². The van der Waals surface area contributed by atoms with E-state index in [-0.39, 0.29) is 0 Å². The SMILES string of the molecule is O=[SH](=O)Nc1c[c]ccc1. The second-order valence-electron chi connectivity index (χ2n) is 1.66. The molecule has 0 aliphatic carbocycles. The molecule has 0 bridgehead atoms. The highest BCUT2D eigenvalue weighted by molar-refractivity contribution is 7.73. The van der Waals surface area contributed by atoms with Gasteiger partial charge < -0.3 is 0 Å². The summed E-state index contributed by atoms with van der Waals surface area (Å²) in [4.78, 5) is 0. The zero-order valence-electron chi connectivity index (χ0n) is 5.07. The van der Waals surface area contributed by atoms with Crippen LogP contribution in [0.25, 0.3) is 0 Å². The zero-order chi connectivity index (χ0) is 7.40. The van der Waals surface area contributed by atoms with Crippen LogP contribution in [0.2, 0.25) is 0 Å². The van der Waals surface area contributed by atoms with Crippen molar-refractivity contribution in [2.24, 2.45) is 0 Å². The predicted molar refractivity (Wildman–Crippen MR) is 39.2 cm³/mol. The Kier molecular flexibility index (Phi) is 2.28. The lowest BCUT2D eigenvalue weighted by atomic mass is 10.3. The lowest BCUT2D eigenvalue weighted by Gasteiger charge is -1.93. The highest BCUT2D eigenvalue weighted by Crippen LogP contribution is 2.02. The van der Waals surface area contributed by atoms with Gasteiger partial charge in [0.15, 0.2) is 0 Å². The van der Waals surface area contributed by atoms with Crippen LogP contribution in [0.1, 0.15) is 0 Å². The number of hydrogen-bond donors (Lipinski definition) is 2. The topological polar surface area (TPSA) is 46.2 Å². The summed E-state index contributed by atoms with van der Waals surface area (Å²) >= 11 is 0. The molecule has 10 heavy (non-hydrogen) atoms. The van der Waals surface area contributed by atoms with Gasteiger partial charge in [0.05, 0.1) is 0 Å². The molecule has 4 heteroatoms. The van der Waals surface area contributed by atoms with Crippen LogP contribution >= 0.6 is 0 Å². The lowest BCUT2D eigenvalue weighted by Crippen LogP contribution is -1.93. The van der Waals surface area contributed by atoms with Crippen molar-refractivity contribution in [2.45, 2.75) is 0 Å². The molecule has 0 saturated heterocycles. The molecule has 1 N–H and O–H groups in total. The average molecular weight is 156 g/mol. The summed E-state index contributed by atoms with van der Waals surface area (Å²) in [5.74, 6) is 0. The molecule has 1 aromatic carbocycles. The smallest absolute Gasteiger partial charge is 0.222 e. The van der Waals surface area contributed by atoms with Crippen LogP contribution in [0.4, 0.5) is 5.69 Å². The zero-order valence-corrected chi connectivity index (χ0v) is 5.97. The molecular weight excluding hydrogens is 150 g/mol. The summed E-state index contributed by atoms with van der Waals surface area (Å²) in [6.45, 7) is 0. The van der Waals surface area contributed by atoms with Gasteiger partial charge in [0.2, 0.25) is 10.9 Å². The molecule has 1 aromatic rings. The number of benzene rings is 1. The summed E-state index contributed by atoms with van der Waals surface area (Å²) in [5, 5.41) is 0. The van der Waals surface area contributed by atoms with Crippen molar-refractivity contribution in [3.8, 4) is 0 Å². The third kappa shape index (κ3) is 2.06. The molecule has 0 saturated carbocycles. The Balaban J connectivity index is 2.77. The Labute approximate surface area is 60.8 Å². The number of anilines is 1. The first kappa shape index (κ1) is 7.08. The van der Waals surface area contributed by atoms with Gasteiger partial charge in [-0.2, -0.15) is 0 Å². The van der Waals surface area contributed by atoms with Crippen molar-refractivity contribution < 1.29 is 8.42 Å². The Bertz CT molecular complexity index is 260. The van der Waals surface area contributed by atoms with Gasteiger partial charge in [0, 0.05) is 5.69 Å². The van der Waals surface area contributed by atoms with E-state index in [0.717, 1.165) is 0 Å². The van der Waals surface area contributed by atoms with Gasteiger partial charge >= 0.3 is 0 Å². The van der Waals surface area contributed by atoms with Crippen molar-refractivity contribution in [2.75, 3.05) is 4.72 Å². The van der Waals surface area contributed by atoms with Gasteiger partial charge in [-0.1, -0.05) is 12.1 Å². The van der Waals surface area contributed by atoms with Crippen LogP contribution < -0.4 is 4.72 Å². The fraction of sp³-hybridized carbons (Fsp3) is 0. The number of nitrogens with one attached hydrogen (secondary N) is 1. The average Bonchev–Trinajstić information content (AvgIpc) is 1.88. The Hall–Kier alpha value is -1.03. The van der Waals surface area contributed by atoms with Crippen LogP contribution in [0.5, 0.6) is 0 Å². The van der Waals surface area contributed by atoms with Gasteiger partial charge in [0.25, 0.3) is 0 Å². The number of hydrogen-bond acceptors (Lipinski definition) is 2. The fourth-order valence-electron chi connectivity index (χ4n) is 0.568. The third-order valence-corrected chi connectivity index (χ3v) is 1.37. The maximum Gasteiger partial charge on any atom is 0.222 e. The van der Waals surface area contributed by atoms with Crippen molar-refractivity contribution >= 4 is 16.6 Å². The minimum atomic E-state index is -2.55. The van der Waals surface area contributed by atoms with E-state index in [9.17, 15) is 8.42 Å². The van der Waals surface area contributed by atoms with E-state index >= 15 is 0 Å². The summed E-state index contributed by atoms with van der Waals surface area (Å²) in [6, 6.07) is 9.36. The highest BCUT2D eigenvalue weighted by atomic mass is 32.2. The second-order valence-corrected chi connectivity index (χ2v) is 2.40. The van der Waals surface area contributed by atoms with E-state index in [1.165, 1.54) is 0 Å². The van der Waals surface area contributed by atoms with Crippen molar-refractivity contribution in [1.82, 2.24) is 0 Å². The van der Waals surface area contributed by atoms with E-state index in [2.05, 4.69) is 10.8 Å². The van der Waals surface area contributed by atoms with Crippen LogP contribution in [0, 0.1) is 6.07 Å². The largest absolute Gasteiger partial charge is 0.286 e. The molecule has 53 valence electrons. The summed E-state index contributed by atoms with van der Waals surface area (Å²) in [6.07, 6.45) is 0. The third-order valence-electron chi connectivity index (χ3n) is 0.927. The molecule has 1 radical (unpaired) electrons. The summed E-state index contributed by atoms with van der Waals surface area (Å²) in [7, 11) is -2.55. The summed E-state index contributed by atoms with van der Waals surface area (Å²) in [5.41, 5.74) is 0.540. The predicted octanol–water partition coefficient (Wildman–Crippen LogP) is 0.425. The first-order valence-corrected chi connectivity index (χ1v) is 3.84. The lowest BCUT2D eigenvalue weighted by molar-refractivity contribution is 0.619. The van der Waals surface area contributed by atoms with Crippen LogP contribution in [-0.2, 0) is 10.9 Å². The molecule has 1 rings (SSSR count). The number of rotatable bonds is 2. The Morgan fingerprint density at radius 1 is 1.50 bits per heavy atom. The van der Waals surface area contributed by atoms with E-state index in [4.69, 9.17) is 0 Å². The van der Waals surface area contributed by atoms with E-state index in [0.29, 0.717) is 5.69 Å². The maximum atomic E-state index is 10.1. The highest BCUT2D eigenvalue weighted by Gasteiger charge is 1.86. The van der Waals surface area contributed by atoms with Crippen molar-refractivity contribution in [3.63, 3.8) is 0 Å². The van der Waals surface area contributed by atoms with Crippen molar-refractivity contribution in [3.05, 3.63) is 30.3 Å². The quantitative estimate of drug-likeness (QED) is 0.610. The first-order valence-electron chi connectivity index (χ1n) is 2.66. The van der Waals surface area contributed by atoms with E-state index < -0.39 is 10.9 Å². The molecule has 0 spiro atoms. The van der Waals surface area contributed by atoms with Gasteiger partial charge in [-0.15, -0.1) is 0 Å². The van der Waals surface area contributed by atoms with Crippen LogP contribution in [0.15, 0.2) is 24.3 Å². The molecule has 3 nitrogen and oxygen atoms in total. The second kappa shape index (κ2) is 3.22. The molecular formula is C6H6NO2S. The van der Waals surface area contributed by atoms with Gasteiger partial charge in [-0.25, -0.2) is 8.42 Å². The minimum Gasteiger partial charge on any atom is -0.286 e. The number of thiol groups is 1. The van der Waals surface area contributed by atoms with Gasteiger partial charge in [-0.3, -0.25) is 4.72 Å². The molecule has 0 unspecified atom stereocenters. The molecule has 0 amide bonds. The molecule has 0 heterocycles. The maximum absolute atomic E-state index is 10.1. The Morgan fingerprint density at radius 3 is 2.80 bits per heavy atom. The molecule has 0 fully saturated rings. The Morgan fingerprint density at radius 2 is 2.30 bits per heavy atom. The first-order chi connectivity index (χ1) is 4.79. The normalized spacial score (nSPS) is 9.70. The monoisotopic (exact) mass is 156 g/mol. The van der Waals surface area contributed by atoms with Gasteiger partial charge in [0.1, 0.15) is 0 Å². The van der Waals surface area contributed by atoms with E-state index in [1.807, 2.05) is 0 Å². The van der Waals surface area contributed by atoms with Gasteiger partial charge in [-0.05, 0) is 18.2 Å². The molecule has 0 aliphatic heterocycles. The standard InChI is InChI=1S/C6H6NO2S/c8-10(9)7-6-4-2-1-3-5-6/h1-2,4-5,10H,(H,7,8,9). The molecule has 0 aromatic heterocycles. The van der Waals surface area contributed by atoms with E-state index in [1.54, 1.807) is 24.3 Å². The fourth-order valence-corrected chi connectivity index (χ4v) is 0.918. The van der Waals surface area contributed by atoms with Crippen LogP contribution in [0.3, 0.4) is 0 Å². The van der Waals surface area contributed by atoms with Crippen molar-refractivity contribution in [1.29, 1.82) is 0 Å². The minimum absolute atomic E-state index is 0.540. The molecule has 0 atom stereocenters. The molecule has 0 aliphatic rings. The summed E-state index contributed by atoms with van der Waals surface area (Å²) < 4.78 is 22.4.